The molecule has 3 aromatic rings. The Morgan fingerprint density at radius 2 is 1.54 bits per heavy atom. The molecule has 0 spiro atoms. The predicted molar refractivity (Wildman–Crippen MR) is 103 cm³/mol. The Balaban J connectivity index is 1.57. The van der Waals surface area contributed by atoms with E-state index in [1.807, 2.05) is 85.8 Å². The van der Waals surface area contributed by atoms with Crippen LogP contribution in [0.15, 0.2) is 78.9 Å². The van der Waals surface area contributed by atoms with Gasteiger partial charge in [-0.15, -0.1) is 0 Å². The summed E-state index contributed by atoms with van der Waals surface area (Å²) in [6.45, 7) is 2.43. The van der Waals surface area contributed by atoms with Crippen molar-refractivity contribution in [2.24, 2.45) is 0 Å². The van der Waals surface area contributed by atoms with Crippen LogP contribution < -0.4 is 14.8 Å². The number of carbonyl (C=O) groups excluding carboxylic acids is 1. The van der Waals surface area contributed by atoms with Crippen LogP contribution in [0, 0.1) is 6.92 Å². The summed E-state index contributed by atoms with van der Waals surface area (Å²) < 4.78 is 11.3. The lowest BCUT2D eigenvalue weighted by Gasteiger charge is -2.13. The summed E-state index contributed by atoms with van der Waals surface area (Å²) in [6, 6.07) is 24.8. The van der Waals surface area contributed by atoms with Gasteiger partial charge in [0.25, 0.3) is 5.91 Å². The van der Waals surface area contributed by atoms with E-state index < -0.39 is 0 Å². The Bertz CT molecular complexity index is 845. The van der Waals surface area contributed by atoms with E-state index in [-0.39, 0.29) is 12.5 Å². The van der Waals surface area contributed by atoms with Crippen molar-refractivity contribution >= 4 is 11.6 Å². The first kappa shape index (κ1) is 17.5. The van der Waals surface area contributed by atoms with Crippen LogP contribution in [-0.2, 0) is 11.4 Å². The third kappa shape index (κ3) is 5.11. The van der Waals surface area contributed by atoms with E-state index in [1.165, 1.54) is 5.56 Å². The van der Waals surface area contributed by atoms with Crippen molar-refractivity contribution in [1.29, 1.82) is 0 Å². The second-order valence-electron chi connectivity index (χ2n) is 5.92. The van der Waals surface area contributed by atoms with Crippen molar-refractivity contribution < 1.29 is 14.3 Å². The molecular formula is C22H21NO3. The minimum absolute atomic E-state index is 0.0592. The van der Waals surface area contributed by atoms with E-state index in [4.69, 9.17) is 9.47 Å². The van der Waals surface area contributed by atoms with Crippen molar-refractivity contribution in [3.8, 4) is 11.5 Å². The number of para-hydroxylation sites is 3. The molecule has 4 nitrogen and oxygen atoms in total. The molecule has 132 valence electrons. The number of hydrogen-bond donors (Lipinski definition) is 1. The lowest BCUT2D eigenvalue weighted by atomic mass is 10.2. The monoisotopic (exact) mass is 347 g/mol. The average molecular weight is 347 g/mol. The van der Waals surface area contributed by atoms with E-state index in [2.05, 4.69) is 5.32 Å². The highest BCUT2D eigenvalue weighted by molar-refractivity contribution is 5.93. The lowest BCUT2D eigenvalue weighted by Crippen LogP contribution is -2.20. The van der Waals surface area contributed by atoms with Gasteiger partial charge in [0.2, 0.25) is 0 Å². The quantitative estimate of drug-likeness (QED) is 0.680. The van der Waals surface area contributed by atoms with E-state index in [0.29, 0.717) is 23.8 Å². The van der Waals surface area contributed by atoms with Crippen LogP contribution >= 0.6 is 0 Å². The van der Waals surface area contributed by atoms with Crippen molar-refractivity contribution in [2.75, 3.05) is 11.9 Å². The first-order valence-corrected chi connectivity index (χ1v) is 8.46. The summed E-state index contributed by atoms with van der Waals surface area (Å²) in [5.74, 6) is 1.05. The number of aryl methyl sites for hydroxylation is 1. The maximum Gasteiger partial charge on any atom is 0.262 e. The highest BCUT2D eigenvalue weighted by Gasteiger charge is 2.08. The molecule has 0 heterocycles. The maximum atomic E-state index is 12.2. The second kappa shape index (κ2) is 8.72. The number of hydrogen-bond acceptors (Lipinski definition) is 3. The van der Waals surface area contributed by atoms with Crippen LogP contribution in [0.25, 0.3) is 0 Å². The van der Waals surface area contributed by atoms with Crippen LogP contribution in [0.1, 0.15) is 11.1 Å². The minimum atomic E-state index is -0.236. The number of rotatable bonds is 7. The third-order valence-corrected chi connectivity index (χ3v) is 3.79. The van der Waals surface area contributed by atoms with Gasteiger partial charge in [0.05, 0.1) is 5.69 Å². The number of ether oxygens (including phenoxy) is 2. The van der Waals surface area contributed by atoms with E-state index in [1.54, 1.807) is 0 Å². The van der Waals surface area contributed by atoms with E-state index in [9.17, 15) is 4.79 Å². The number of carbonyl (C=O) groups is 1. The molecule has 0 atom stereocenters. The Morgan fingerprint density at radius 1 is 0.846 bits per heavy atom. The topological polar surface area (TPSA) is 47.6 Å². The molecule has 4 heteroatoms. The zero-order valence-electron chi connectivity index (χ0n) is 14.6. The summed E-state index contributed by atoms with van der Waals surface area (Å²) in [4.78, 5) is 12.2. The fraction of sp³-hybridized carbons (Fsp3) is 0.136. The van der Waals surface area contributed by atoms with Crippen LogP contribution in [0.3, 0.4) is 0 Å². The van der Waals surface area contributed by atoms with Crippen LogP contribution in [0.5, 0.6) is 11.5 Å². The molecule has 3 aromatic carbocycles. The maximum absolute atomic E-state index is 12.2. The number of amides is 1. The van der Waals surface area contributed by atoms with Gasteiger partial charge in [0.1, 0.15) is 18.1 Å². The van der Waals surface area contributed by atoms with Crippen molar-refractivity contribution in [1.82, 2.24) is 0 Å². The van der Waals surface area contributed by atoms with Gasteiger partial charge >= 0.3 is 0 Å². The number of anilines is 1. The highest BCUT2D eigenvalue weighted by Crippen LogP contribution is 2.25. The fourth-order valence-corrected chi connectivity index (χ4v) is 2.39. The van der Waals surface area contributed by atoms with Crippen LogP contribution in [0.2, 0.25) is 0 Å². The predicted octanol–water partition coefficient (Wildman–Crippen LogP) is 4.59. The van der Waals surface area contributed by atoms with Gasteiger partial charge in [-0.2, -0.15) is 0 Å². The summed E-state index contributed by atoms with van der Waals surface area (Å²) >= 11 is 0. The van der Waals surface area contributed by atoms with Crippen LogP contribution in [-0.4, -0.2) is 12.5 Å². The third-order valence-electron chi connectivity index (χ3n) is 3.79. The first-order chi connectivity index (χ1) is 12.7. The van der Waals surface area contributed by atoms with Gasteiger partial charge in [0.15, 0.2) is 6.61 Å². The zero-order valence-corrected chi connectivity index (χ0v) is 14.6. The molecule has 0 unspecified atom stereocenters. The van der Waals surface area contributed by atoms with Crippen LogP contribution in [0.4, 0.5) is 5.69 Å². The molecule has 0 saturated heterocycles. The molecule has 0 aliphatic carbocycles. The summed E-state index contributed by atoms with van der Waals surface area (Å²) in [5, 5.41) is 2.84. The van der Waals surface area contributed by atoms with Crippen molar-refractivity contribution in [3.63, 3.8) is 0 Å². The van der Waals surface area contributed by atoms with Crippen molar-refractivity contribution in [3.05, 3.63) is 90.0 Å². The zero-order chi connectivity index (χ0) is 18.2. The molecular weight excluding hydrogens is 326 g/mol. The lowest BCUT2D eigenvalue weighted by molar-refractivity contribution is -0.118. The van der Waals surface area contributed by atoms with Gasteiger partial charge in [-0.1, -0.05) is 60.2 Å². The molecule has 0 radical (unpaired) electrons. The van der Waals surface area contributed by atoms with Gasteiger partial charge in [-0.25, -0.2) is 0 Å². The van der Waals surface area contributed by atoms with Gasteiger partial charge < -0.3 is 14.8 Å². The summed E-state index contributed by atoms with van der Waals surface area (Å²) in [5.41, 5.74) is 2.91. The molecule has 3 rings (SSSR count). The Labute approximate surface area is 153 Å². The Kier molecular flexibility index (Phi) is 5.88. The number of nitrogens with one attached hydrogen (secondary N) is 1. The average Bonchev–Trinajstić information content (AvgIpc) is 2.68. The second-order valence-corrected chi connectivity index (χ2v) is 5.92. The SMILES string of the molecule is Cc1ccc(COc2ccccc2NC(=O)COc2ccccc2)cc1. The Morgan fingerprint density at radius 3 is 2.31 bits per heavy atom. The van der Waals surface area contributed by atoms with E-state index in [0.717, 1.165) is 5.56 Å². The highest BCUT2D eigenvalue weighted by atomic mass is 16.5. The molecule has 0 bridgehead atoms. The largest absolute Gasteiger partial charge is 0.487 e. The molecule has 26 heavy (non-hydrogen) atoms. The molecule has 0 saturated carbocycles. The Hall–Kier alpha value is -3.27. The fourth-order valence-electron chi connectivity index (χ4n) is 2.39. The summed E-state index contributed by atoms with van der Waals surface area (Å²) in [6.07, 6.45) is 0. The smallest absolute Gasteiger partial charge is 0.262 e. The number of benzene rings is 3. The van der Waals surface area contributed by atoms with Gasteiger partial charge in [-0.3, -0.25) is 4.79 Å². The van der Waals surface area contributed by atoms with Crippen molar-refractivity contribution in [2.45, 2.75) is 13.5 Å². The molecule has 0 fully saturated rings. The molecule has 1 N–H and O–H groups in total. The normalized spacial score (nSPS) is 10.2. The van der Waals surface area contributed by atoms with Gasteiger partial charge in [-0.05, 0) is 36.8 Å². The minimum Gasteiger partial charge on any atom is -0.487 e. The van der Waals surface area contributed by atoms with E-state index >= 15 is 0 Å². The summed E-state index contributed by atoms with van der Waals surface area (Å²) in [7, 11) is 0. The molecule has 0 aliphatic rings. The standard InChI is InChI=1S/C22H21NO3/c1-17-11-13-18(14-12-17)15-26-21-10-6-5-9-20(21)23-22(24)16-25-19-7-3-2-4-8-19/h2-14H,15-16H2,1H3,(H,23,24). The molecule has 1 amide bonds. The first-order valence-electron chi connectivity index (χ1n) is 8.46. The van der Waals surface area contributed by atoms with Gasteiger partial charge in [0, 0.05) is 0 Å². The molecule has 0 aliphatic heterocycles. The molecule has 0 aromatic heterocycles.